The zero-order valence-electron chi connectivity index (χ0n) is 14.8. The highest BCUT2D eigenvalue weighted by Crippen LogP contribution is 2.17. The standard InChI is InChI=1S/C19H23N5O/c1-15(12-16-13-20-8-9-21-16)23(2)14-19-22-10-11-24(19)17-4-6-18(25-3)7-5-17/h4-11,13,15H,12,14H2,1-3H3/t15-/m0/s1. The van der Waals surface area contributed by atoms with E-state index in [1.165, 1.54) is 0 Å². The van der Waals surface area contributed by atoms with E-state index < -0.39 is 0 Å². The summed E-state index contributed by atoms with van der Waals surface area (Å²) in [6.45, 7) is 2.94. The summed E-state index contributed by atoms with van der Waals surface area (Å²) in [5, 5.41) is 0. The largest absolute Gasteiger partial charge is 0.497 e. The average Bonchev–Trinajstić information content (AvgIpc) is 3.10. The number of aromatic nitrogens is 4. The molecule has 0 saturated carbocycles. The summed E-state index contributed by atoms with van der Waals surface area (Å²) in [4.78, 5) is 15.3. The Morgan fingerprint density at radius 1 is 1.12 bits per heavy atom. The van der Waals surface area contributed by atoms with Gasteiger partial charge in [0.2, 0.25) is 0 Å². The summed E-state index contributed by atoms with van der Waals surface area (Å²) in [5.74, 6) is 1.85. The van der Waals surface area contributed by atoms with Gasteiger partial charge in [-0.3, -0.25) is 14.9 Å². The van der Waals surface area contributed by atoms with Gasteiger partial charge in [0.15, 0.2) is 0 Å². The molecule has 2 aromatic heterocycles. The van der Waals surface area contributed by atoms with Crippen LogP contribution < -0.4 is 4.74 Å². The molecule has 0 aliphatic rings. The van der Waals surface area contributed by atoms with Crippen molar-refractivity contribution in [2.24, 2.45) is 0 Å². The molecule has 6 nitrogen and oxygen atoms in total. The lowest BCUT2D eigenvalue weighted by atomic mass is 10.1. The van der Waals surface area contributed by atoms with Gasteiger partial charge in [-0.2, -0.15) is 0 Å². The van der Waals surface area contributed by atoms with Gasteiger partial charge >= 0.3 is 0 Å². The highest BCUT2D eigenvalue weighted by atomic mass is 16.5. The van der Waals surface area contributed by atoms with Crippen LogP contribution in [0.3, 0.4) is 0 Å². The minimum atomic E-state index is 0.331. The van der Waals surface area contributed by atoms with Gasteiger partial charge in [0.05, 0.1) is 19.3 Å². The van der Waals surface area contributed by atoms with Crippen molar-refractivity contribution in [3.05, 3.63) is 66.8 Å². The van der Waals surface area contributed by atoms with Crippen LogP contribution in [-0.4, -0.2) is 44.6 Å². The second kappa shape index (κ2) is 7.90. The molecule has 0 aliphatic carbocycles. The molecule has 3 aromatic rings. The van der Waals surface area contributed by atoms with Crippen LogP contribution in [0.2, 0.25) is 0 Å². The molecule has 0 bridgehead atoms. The van der Waals surface area contributed by atoms with Crippen LogP contribution in [0.25, 0.3) is 5.69 Å². The molecule has 3 rings (SSSR count). The number of methoxy groups -OCH3 is 1. The molecular weight excluding hydrogens is 314 g/mol. The molecule has 1 atom stereocenters. The molecule has 0 spiro atoms. The Kier molecular flexibility index (Phi) is 5.40. The molecule has 0 unspecified atom stereocenters. The van der Waals surface area contributed by atoms with E-state index in [4.69, 9.17) is 4.74 Å². The van der Waals surface area contributed by atoms with Crippen LogP contribution in [0.1, 0.15) is 18.4 Å². The highest BCUT2D eigenvalue weighted by molar-refractivity contribution is 5.38. The number of nitrogens with zero attached hydrogens (tertiary/aromatic N) is 5. The third-order valence-corrected chi connectivity index (χ3v) is 4.33. The highest BCUT2D eigenvalue weighted by Gasteiger charge is 2.14. The summed E-state index contributed by atoms with van der Waals surface area (Å²) >= 11 is 0. The fraction of sp³-hybridized carbons (Fsp3) is 0.316. The Hall–Kier alpha value is -2.73. The smallest absolute Gasteiger partial charge is 0.127 e. The van der Waals surface area contributed by atoms with Gasteiger partial charge in [-0.05, 0) is 38.2 Å². The predicted octanol–water partition coefficient (Wildman–Crippen LogP) is 2.73. The van der Waals surface area contributed by atoms with Crippen LogP contribution in [0.4, 0.5) is 0 Å². The second-order valence-electron chi connectivity index (χ2n) is 6.08. The molecule has 0 N–H and O–H groups in total. The number of hydrogen-bond acceptors (Lipinski definition) is 5. The number of benzene rings is 1. The van der Waals surface area contributed by atoms with Gasteiger partial charge in [0.1, 0.15) is 11.6 Å². The molecule has 25 heavy (non-hydrogen) atoms. The Morgan fingerprint density at radius 3 is 2.60 bits per heavy atom. The number of hydrogen-bond donors (Lipinski definition) is 0. The van der Waals surface area contributed by atoms with E-state index in [0.717, 1.165) is 35.9 Å². The number of likely N-dealkylation sites (N-methyl/N-ethyl adjacent to an activating group) is 1. The van der Waals surface area contributed by atoms with Crippen LogP contribution >= 0.6 is 0 Å². The molecule has 0 amide bonds. The van der Waals surface area contributed by atoms with Gasteiger partial charge in [-0.15, -0.1) is 0 Å². The Morgan fingerprint density at radius 2 is 1.92 bits per heavy atom. The van der Waals surface area contributed by atoms with Crippen molar-refractivity contribution >= 4 is 0 Å². The van der Waals surface area contributed by atoms with Gasteiger partial charge in [0, 0.05) is 49.1 Å². The van der Waals surface area contributed by atoms with E-state index in [1.807, 2.05) is 42.9 Å². The van der Waals surface area contributed by atoms with Crippen molar-refractivity contribution in [1.29, 1.82) is 0 Å². The normalized spacial score (nSPS) is 12.3. The van der Waals surface area contributed by atoms with Crippen molar-refractivity contribution in [2.45, 2.75) is 25.9 Å². The van der Waals surface area contributed by atoms with E-state index in [-0.39, 0.29) is 0 Å². The predicted molar refractivity (Wildman–Crippen MR) is 96.8 cm³/mol. The van der Waals surface area contributed by atoms with E-state index in [1.54, 1.807) is 19.5 Å². The molecular formula is C19H23N5O. The summed E-state index contributed by atoms with van der Waals surface area (Å²) in [6.07, 6.45) is 9.93. The molecule has 0 aliphatic heterocycles. The fourth-order valence-electron chi connectivity index (χ4n) is 2.70. The van der Waals surface area contributed by atoms with Gasteiger partial charge in [-0.1, -0.05) is 0 Å². The molecule has 1 aromatic carbocycles. The summed E-state index contributed by atoms with van der Waals surface area (Å²) in [7, 11) is 3.78. The van der Waals surface area contributed by atoms with Crippen LogP contribution in [-0.2, 0) is 13.0 Å². The molecule has 0 saturated heterocycles. The molecule has 130 valence electrons. The SMILES string of the molecule is COc1ccc(-n2ccnc2CN(C)[C@@H](C)Cc2cnccn2)cc1. The zero-order chi connectivity index (χ0) is 17.6. The van der Waals surface area contributed by atoms with Gasteiger partial charge in [0.25, 0.3) is 0 Å². The minimum Gasteiger partial charge on any atom is -0.497 e. The molecule has 0 fully saturated rings. The maximum atomic E-state index is 5.23. The molecule has 0 radical (unpaired) electrons. The number of rotatable bonds is 7. The zero-order valence-corrected chi connectivity index (χ0v) is 14.8. The fourth-order valence-corrected chi connectivity index (χ4v) is 2.70. The van der Waals surface area contributed by atoms with Crippen molar-refractivity contribution in [1.82, 2.24) is 24.4 Å². The first kappa shape index (κ1) is 17.1. The third kappa shape index (κ3) is 4.22. The van der Waals surface area contributed by atoms with Crippen molar-refractivity contribution in [3.63, 3.8) is 0 Å². The lowest BCUT2D eigenvalue weighted by molar-refractivity contribution is 0.240. The summed E-state index contributed by atoms with van der Waals surface area (Å²) in [5.41, 5.74) is 2.07. The first-order valence-corrected chi connectivity index (χ1v) is 8.29. The Labute approximate surface area is 148 Å². The lowest BCUT2D eigenvalue weighted by Crippen LogP contribution is -2.31. The second-order valence-corrected chi connectivity index (χ2v) is 6.08. The van der Waals surface area contributed by atoms with Crippen molar-refractivity contribution in [3.8, 4) is 11.4 Å². The first-order valence-electron chi connectivity index (χ1n) is 8.29. The topological polar surface area (TPSA) is 56.1 Å². The maximum absolute atomic E-state index is 5.23. The van der Waals surface area contributed by atoms with Crippen molar-refractivity contribution in [2.75, 3.05) is 14.2 Å². The monoisotopic (exact) mass is 337 g/mol. The lowest BCUT2D eigenvalue weighted by Gasteiger charge is -2.24. The third-order valence-electron chi connectivity index (χ3n) is 4.33. The summed E-state index contributed by atoms with van der Waals surface area (Å²) in [6, 6.07) is 8.32. The van der Waals surface area contributed by atoms with Gasteiger partial charge in [-0.25, -0.2) is 4.98 Å². The van der Waals surface area contributed by atoms with Crippen molar-refractivity contribution < 1.29 is 4.74 Å². The van der Waals surface area contributed by atoms with E-state index in [9.17, 15) is 0 Å². The van der Waals surface area contributed by atoms with E-state index in [0.29, 0.717) is 6.04 Å². The minimum absolute atomic E-state index is 0.331. The van der Waals surface area contributed by atoms with Crippen LogP contribution in [0.5, 0.6) is 5.75 Å². The first-order chi connectivity index (χ1) is 12.2. The molecule has 6 heteroatoms. The van der Waals surface area contributed by atoms with E-state index in [2.05, 4.69) is 38.4 Å². The number of imidazole rings is 1. The van der Waals surface area contributed by atoms with Gasteiger partial charge < -0.3 is 9.30 Å². The summed E-state index contributed by atoms with van der Waals surface area (Å²) < 4.78 is 7.33. The van der Waals surface area contributed by atoms with Crippen LogP contribution in [0.15, 0.2) is 55.2 Å². The maximum Gasteiger partial charge on any atom is 0.127 e. The molecule has 2 heterocycles. The van der Waals surface area contributed by atoms with E-state index >= 15 is 0 Å². The quantitative estimate of drug-likeness (QED) is 0.663. The average molecular weight is 337 g/mol. The Bertz CT molecular complexity index is 785. The van der Waals surface area contributed by atoms with Crippen LogP contribution in [0, 0.1) is 0 Å². The Balaban J connectivity index is 1.69. The number of ether oxygens (including phenoxy) is 1.